The van der Waals surface area contributed by atoms with E-state index in [1.54, 1.807) is 21.8 Å². The summed E-state index contributed by atoms with van der Waals surface area (Å²) in [5.41, 5.74) is 0. The molecular weight excluding hydrogens is 212 g/mol. The average molecular weight is 227 g/mol. The van der Waals surface area contributed by atoms with Gasteiger partial charge in [0.15, 0.2) is 0 Å². The Balaban J connectivity index is 2.30. The Morgan fingerprint density at radius 3 is 2.62 bits per heavy atom. The molecule has 0 radical (unpaired) electrons. The molecule has 1 aliphatic rings. The molecule has 1 heteroatoms. The van der Waals surface area contributed by atoms with E-state index in [0.29, 0.717) is 0 Å². The van der Waals surface area contributed by atoms with Crippen LogP contribution in [0.2, 0.25) is 12.9 Å². The normalized spacial score (nSPS) is 31.5. The molecular formula is C7H15Te+. The maximum absolute atomic E-state index is 2.47. The number of rotatable bonds is 1. The standard InChI is InChI=1S/C7H15Te/c1-3-8-6-4-5-7(8)2/h7H,3-6H2,1-2H3/q+1. The van der Waals surface area contributed by atoms with Gasteiger partial charge in [0.25, 0.3) is 0 Å². The molecule has 0 aromatic rings. The summed E-state index contributed by atoms with van der Waals surface area (Å²) in [6, 6.07) is 0. The van der Waals surface area contributed by atoms with Gasteiger partial charge < -0.3 is 0 Å². The van der Waals surface area contributed by atoms with Crippen molar-refractivity contribution in [3.63, 3.8) is 0 Å². The molecule has 0 aromatic carbocycles. The van der Waals surface area contributed by atoms with Gasteiger partial charge in [0.1, 0.15) is 0 Å². The summed E-state index contributed by atoms with van der Waals surface area (Å²) < 4.78 is 4.44. The van der Waals surface area contributed by atoms with Crippen LogP contribution >= 0.6 is 0 Å². The minimum atomic E-state index is -0.427. The van der Waals surface area contributed by atoms with Gasteiger partial charge in [-0.15, -0.1) is 0 Å². The van der Waals surface area contributed by atoms with Gasteiger partial charge in [0, 0.05) is 0 Å². The van der Waals surface area contributed by atoms with E-state index in [9.17, 15) is 0 Å². The molecule has 48 valence electrons. The van der Waals surface area contributed by atoms with Gasteiger partial charge in [-0.25, -0.2) is 0 Å². The first-order valence-corrected chi connectivity index (χ1v) is 8.15. The van der Waals surface area contributed by atoms with Gasteiger partial charge in [0.05, 0.1) is 0 Å². The topological polar surface area (TPSA) is 0 Å². The van der Waals surface area contributed by atoms with E-state index in [0.717, 1.165) is 0 Å². The van der Waals surface area contributed by atoms with Gasteiger partial charge in [-0.3, -0.25) is 0 Å². The van der Waals surface area contributed by atoms with Crippen LogP contribution < -0.4 is 0 Å². The van der Waals surface area contributed by atoms with E-state index in [1.807, 2.05) is 0 Å². The van der Waals surface area contributed by atoms with Crippen molar-refractivity contribution in [1.82, 2.24) is 0 Å². The maximum atomic E-state index is 2.47. The third kappa shape index (κ3) is 1.39. The van der Waals surface area contributed by atoms with E-state index < -0.39 is 19.6 Å². The van der Waals surface area contributed by atoms with Crippen LogP contribution in [0.1, 0.15) is 26.7 Å². The van der Waals surface area contributed by atoms with Gasteiger partial charge in [-0.05, 0) is 0 Å². The van der Waals surface area contributed by atoms with Gasteiger partial charge >= 0.3 is 59.1 Å². The van der Waals surface area contributed by atoms with Crippen LogP contribution in [-0.2, 0) is 0 Å². The predicted octanol–water partition coefficient (Wildman–Crippen LogP) is 2.69. The van der Waals surface area contributed by atoms with Gasteiger partial charge in [-0.2, -0.15) is 0 Å². The predicted molar refractivity (Wildman–Crippen MR) is 39.7 cm³/mol. The molecule has 1 saturated heterocycles. The van der Waals surface area contributed by atoms with E-state index in [1.165, 1.54) is 3.97 Å². The third-order valence-corrected chi connectivity index (χ3v) is 10.3. The number of hydrogen-bond acceptors (Lipinski definition) is 0. The van der Waals surface area contributed by atoms with Crippen molar-refractivity contribution < 1.29 is 0 Å². The summed E-state index contributed by atoms with van der Waals surface area (Å²) in [4.78, 5) is 0. The Hall–Kier alpha value is 0.790. The summed E-state index contributed by atoms with van der Waals surface area (Å²) in [5.74, 6) is 0. The Bertz CT molecular complexity index is 70.8. The molecule has 0 N–H and O–H groups in total. The molecule has 1 aliphatic heterocycles. The molecule has 0 aromatic heterocycles. The molecule has 0 spiro atoms. The SMILES string of the molecule is CC[Te+]1CCCC1C. The minimum absolute atomic E-state index is 0.427. The Morgan fingerprint density at radius 1 is 1.62 bits per heavy atom. The molecule has 0 aliphatic carbocycles. The molecule has 1 atom stereocenters. The molecule has 1 heterocycles. The van der Waals surface area contributed by atoms with Crippen LogP contribution in [0.15, 0.2) is 0 Å². The summed E-state index contributed by atoms with van der Waals surface area (Å²) >= 11 is -0.427. The molecule has 8 heavy (non-hydrogen) atoms. The fraction of sp³-hybridized carbons (Fsp3) is 1.00. The Labute approximate surface area is 59.3 Å². The van der Waals surface area contributed by atoms with Crippen LogP contribution in [0.3, 0.4) is 0 Å². The zero-order chi connectivity index (χ0) is 5.98. The van der Waals surface area contributed by atoms with E-state index in [2.05, 4.69) is 13.8 Å². The van der Waals surface area contributed by atoms with Gasteiger partial charge in [-0.1, -0.05) is 0 Å². The second-order valence-electron chi connectivity index (χ2n) is 2.48. The average Bonchev–Trinajstić information content (AvgIpc) is 2.14. The molecule has 1 unspecified atom stereocenters. The molecule has 1 rings (SSSR count). The van der Waals surface area contributed by atoms with Crippen molar-refractivity contribution >= 4 is 19.6 Å². The molecule has 0 nitrogen and oxygen atoms in total. The summed E-state index contributed by atoms with van der Waals surface area (Å²) in [6.45, 7) is 4.85. The van der Waals surface area contributed by atoms with Crippen LogP contribution in [0.5, 0.6) is 0 Å². The monoisotopic (exact) mass is 229 g/mol. The first kappa shape index (κ1) is 6.90. The van der Waals surface area contributed by atoms with Crippen molar-refractivity contribution in [1.29, 1.82) is 0 Å². The van der Waals surface area contributed by atoms with Crippen LogP contribution in [-0.4, -0.2) is 19.6 Å². The summed E-state index contributed by atoms with van der Waals surface area (Å²) in [6.07, 6.45) is 3.12. The van der Waals surface area contributed by atoms with Crippen molar-refractivity contribution in [2.24, 2.45) is 0 Å². The fourth-order valence-corrected chi connectivity index (χ4v) is 7.91. The van der Waals surface area contributed by atoms with Crippen LogP contribution in [0, 0.1) is 0 Å². The second-order valence-corrected chi connectivity index (χ2v) is 10.7. The van der Waals surface area contributed by atoms with Crippen molar-refractivity contribution in [3.05, 3.63) is 0 Å². The summed E-state index contributed by atoms with van der Waals surface area (Å²) in [7, 11) is 0. The van der Waals surface area contributed by atoms with Gasteiger partial charge in [0.2, 0.25) is 0 Å². The first-order valence-electron chi connectivity index (χ1n) is 3.51. The third-order valence-electron chi connectivity index (χ3n) is 1.96. The zero-order valence-electron chi connectivity index (χ0n) is 5.81. The summed E-state index contributed by atoms with van der Waals surface area (Å²) in [5, 5.41) is 0. The van der Waals surface area contributed by atoms with Crippen LogP contribution in [0.25, 0.3) is 0 Å². The quantitative estimate of drug-likeness (QED) is 0.604. The van der Waals surface area contributed by atoms with E-state index >= 15 is 0 Å². The van der Waals surface area contributed by atoms with Crippen molar-refractivity contribution in [2.75, 3.05) is 0 Å². The Morgan fingerprint density at radius 2 is 2.38 bits per heavy atom. The van der Waals surface area contributed by atoms with Crippen LogP contribution in [0.4, 0.5) is 0 Å². The van der Waals surface area contributed by atoms with E-state index in [-0.39, 0.29) is 0 Å². The number of hydrogen-bond donors (Lipinski definition) is 0. The van der Waals surface area contributed by atoms with Crippen molar-refractivity contribution in [3.8, 4) is 0 Å². The Kier molecular flexibility index (Phi) is 2.66. The zero-order valence-corrected chi connectivity index (χ0v) is 8.14. The molecule has 0 amide bonds. The molecule has 0 bridgehead atoms. The fourth-order valence-electron chi connectivity index (χ4n) is 1.35. The van der Waals surface area contributed by atoms with Crippen molar-refractivity contribution in [2.45, 2.75) is 39.6 Å². The molecule has 1 fully saturated rings. The first-order chi connectivity index (χ1) is 3.84. The second kappa shape index (κ2) is 3.08. The molecule has 0 saturated carbocycles. The van der Waals surface area contributed by atoms with E-state index in [4.69, 9.17) is 0 Å².